The van der Waals surface area contributed by atoms with Crippen LogP contribution in [0, 0.1) is 0 Å². The number of piperazine rings is 1. The van der Waals surface area contributed by atoms with Gasteiger partial charge in [0.25, 0.3) is 0 Å². The topological polar surface area (TPSA) is 37.4 Å². The number of pyridine rings is 1. The van der Waals surface area contributed by atoms with Gasteiger partial charge >= 0.3 is 0 Å². The molecule has 0 aromatic carbocycles. The van der Waals surface area contributed by atoms with Gasteiger partial charge in [-0.2, -0.15) is 0 Å². The Hall–Kier alpha value is -1.00. The number of aromatic nitrogens is 1. The van der Waals surface area contributed by atoms with Gasteiger partial charge in [-0.15, -0.1) is 0 Å². The molecule has 2 aliphatic rings. The Balaban J connectivity index is 1.89. The highest BCUT2D eigenvalue weighted by Crippen LogP contribution is 2.33. The van der Waals surface area contributed by atoms with Gasteiger partial charge in [0.05, 0.1) is 19.0 Å². The summed E-state index contributed by atoms with van der Waals surface area (Å²) in [5.74, 6) is 0.648. The Morgan fingerprint density at radius 1 is 1.62 bits per heavy atom. The van der Waals surface area contributed by atoms with Crippen molar-refractivity contribution in [2.45, 2.75) is 18.5 Å². The minimum atomic E-state index is 0.425. The maximum atomic E-state index is 5.92. The van der Waals surface area contributed by atoms with E-state index in [1.54, 1.807) is 7.11 Å². The van der Waals surface area contributed by atoms with Gasteiger partial charge in [0, 0.05) is 31.2 Å². The molecule has 2 fully saturated rings. The van der Waals surface area contributed by atoms with Crippen molar-refractivity contribution < 1.29 is 4.74 Å². The summed E-state index contributed by atoms with van der Waals surface area (Å²) in [6.45, 7) is 2.12. The number of hydrogen-bond acceptors (Lipinski definition) is 4. The molecule has 2 bridgehead atoms. The molecule has 0 amide bonds. The lowest BCUT2D eigenvalue weighted by molar-refractivity contribution is 0.413. The highest BCUT2D eigenvalue weighted by Gasteiger charge is 2.37. The molecule has 5 heteroatoms. The van der Waals surface area contributed by atoms with E-state index in [-0.39, 0.29) is 0 Å². The molecule has 2 saturated heterocycles. The third-order valence-electron chi connectivity index (χ3n) is 3.40. The molecule has 0 spiro atoms. The number of methoxy groups -OCH3 is 1. The first-order valence-electron chi connectivity index (χ1n) is 5.47. The minimum Gasteiger partial charge on any atom is -0.493 e. The monoisotopic (exact) mass is 239 g/mol. The first-order chi connectivity index (χ1) is 7.78. The molecule has 1 aromatic rings. The van der Waals surface area contributed by atoms with Crippen LogP contribution in [-0.2, 0) is 0 Å². The summed E-state index contributed by atoms with van der Waals surface area (Å²) in [6, 6.07) is 3.19. The van der Waals surface area contributed by atoms with Crippen LogP contribution in [0.15, 0.2) is 12.3 Å². The normalized spacial score (nSPS) is 27.5. The van der Waals surface area contributed by atoms with Gasteiger partial charge < -0.3 is 15.0 Å². The Morgan fingerprint density at radius 2 is 2.50 bits per heavy atom. The molecule has 0 radical (unpaired) electrons. The lowest BCUT2D eigenvalue weighted by Gasteiger charge is -2.29. The van der Waals surface area contributed by atoms with Crippen LogP contribution in [0.5, 0.6) is 5.75 Å². The van der Waals surface area contributed by atoms with E-state index >= 15 is 0 Å². The summed E-state index contributed by atoms with van der Waals surface area (Å²) < 4.78 is 5.19. The second-order valence-electron chi connectivity index (χ2n) is 4.33. The molecule has 0 saturated carbocycles. The van der Waals surface area contributed by atoms with E-state index in [0.29, 0.717) is 23.0 Å². The number of halogens is 1. The molecule has 16 heavy (non-hydrogen) atoms. The first-order valence-corrected chi connectivity index (χ1v) is 5.85. The van der Waals surface area contributed by atoms with Crippen LogP contribution in [0.2, 0.25) is 5.15 Å². The first kappa shape index (κ1) is 10.2. The molecular formula is C11H14ClN3O. The number of hydrogen-bond donors (Lipinski definition) is 1. The molecule has 3 heterocycles. The lowest BCUT2D eigenvalue weighted by atomic mass is 10.2. The standard InChI is InChI=1S/C11H14ClN3O/c1-16-10-3-9(5-14-11(10)12)15-6-7-2-8(15)4-13-7/h3,5,7-8,13H,2,4,6H2,1H3. The average Bonchev–Trinajstić information content (AvgIpc) is 2.91. The SMILES string of the molecule is COc1cc(N2CC3CC2CN3)cnc1Cl. The van der Waals surface area contributed by atoms with Crippen molar-refractivity contribution >= 4 is 17.3 Å². The van der Waals surface area contributed by atoms with Crippen molar-refractivity contribution in [3.8, 4) is 5.75 Å². The largest absolute Gasteiger partial charge is 0.493 e. The quantitative estimate of drug-likeness (QED) is 0.790. The lowest BCUT2D eigenvalue weighted by Crippen LogP contribution is -2.43. The zero-order chi connectivity index (χ0) is 11.1. The van der Waals surface area contributed by atoms with Crippen LogP contribution in [0.25, 0.3) is 0 Å². The number of rotatable bonds is 2. The van der Waals surface area contributed by atoms with Crippen molar-refractivity contribution in [3.05, 3.63) is 17.4 Å². The van der Waals surface area contributed by atoms with Crippen LogP contribution in [0.1, 0.15) is 6.42 Å². The van der Waals surface area contributed by atoms with Crippen molar-refractivity contribution in [1.82, 2.24) is 10.3 Å². The molecule has 1 aromatic heterocycles. The third kappa shape index (κ3) is 1.53. The van der Waals surface area contributed by atoms with Gasteiger partial charge in [0.15, 0.2) is 10.9 Å². The van der Waals surface area contributed by atoms with Gasteiger partial charge in [0.1, 0.15) is 0 Å². The molecular weight excluding hydrogens is 226 g/mol. The van der Waals surface area contributed by atoms with E-state index in [1.165, 1.54) is 6.42 Å². The fourth-order valence-corrected chi connectivity index (χ4v) is 2.78. The molecule has 3 rings (SSSR count). The minimum absolute atomic E-state index is 0.425. The van der Waals surface area contributed by atoms with Crippen molar-refractivity contribution in [2.24, 2.45) is 0 Å². The zero-order valence-corrected chi connectivity index (χ0v) is 9.87. The Labute approximate surface area is 99.6 Å². The van der Waals surface area contributed by atoms with Crippen LogP contribution in [0.4, 0.5) is 5.69 Å². The molecule has 2 unspecified atom stereocenters. The number of anilines is 1. The number of fused-ring (bicyclic) bond motifs is 2. The maximum Gasteiger partial charge on any atom is 0.171 e. The van der Waals surface area contributed by atoms with Crippen molar-refractivity contribution in [1.29, 1.82) is 0 Å². The van der Waals surface area contributed by atoms with E-state index in [1.807, 2.05) is 12.3 Å². The summed E-state index contributed by atoms with van der Waals surface area (Å²) in [6.07, 6.45) is 3.05. The van der Waals surface area contributed by atoms with E-state index in [0.717, 1.165) is 18.8 Å². The van der Waals surface area contributed by atoms with E-state index < -0.39 is 0 Å². The third-order valence-corrected chi connectivity index (χ3v) is 3.68. The predicted molar refractivity (Wildman–Crippen MR) is 63.3 cm³/mol. The second kappa shape index (κ2) is 3.79. The molecule has 4 nitrogen and oxygen atoms in total. The fraction of sp³-hybridized carbons (Fsp3) is 0.545. The maximum absolute atomic E-state index is 5.92. The average molecular weight is 240 g/mol. The summed E-state index contributed by atoms with van der Waals surface area (Å²) in [4.78, 5) is 6.54. The summed E-state index contributed by atoms with van der Waals surface area (Å²) in [5, 5.41) is 3.90. The molecule has 2 aliphatic heterocycles. The highest BCUT2D eigenvalue weighted by molar-refractivity contribution is 6.30. The zero-order valence-electron chi connectivity index (χ0n) is 9.11. The van der Waals surface area contributed by atoms with Crippen molar-refractivity contribution in [3.63, 3.8) is 0 Å². The summed E-state index contributed by atoms with van der Waals surface area (Å²) in [7, 11) is 1.62. The molecule has 86 valence electrons. The van der Waals surface area contributed by atoms with Gasteiger partial charge in [0.2, 0.25) is 0 Å². The van der Waals surface area contributed by atoms with Crippen LogP contribution < -0.4 is 15.0 Å². The van der Waals surface area contributed by atoms with Crippen molar-refractivity contribution in [2.75, 3.05) is 25.1 Å². The van der Waals surface area contributed by atoms with Crippen LogP contribution in [-0.4, -0.2) is 37.3 Å². The molecule has 0 aliphatic carbocycles. The number of ether oxygens (including phenoxy) is 1. The number of nitrogens with one attached hydrogen (secondary N) is 1. The Morgan fingerprint density at radius 3 is 3.12 bits per heavy atom. The summed E-state index contributed by atoms with van der Waals surface area (Å²) in [5.41, 5.74) is 1.11. The Kier molecular flexibility index (Phi) is 2.41. The number of nitrogens with zero attached hydrogens (tertiary/aromatic N) is 2. The smallest absolute Gasteiger partial charge is 0.171 e. The molecule has 2 atom stereocenters. The van der Waals surface area contributed by atoms with Gasteiger partial charge in [-0.05, 0) is 6.42 Å². The van der Waals surface area contributed by atoms with Gasteiger partial charge in [-0.25, -0.2) is 4.98 Å². The highest BCUT2D eigenvalue weighted by atomic mass is 35.5. The summed E-state index contributed by atoms with van der Waals surface area (Å²) >= 11 is 5.92. The van der Waals surface area contributed by atoms with E-state index in [9.17, 15) is 0 Å². The Bertz CT molecular complexity index is 412. The van der Waals surface area contributed by atoms with Gasteiger partial charge in [-0.1, -0.05) is 11.6 Å². The fourth-order valence-electron chi connectivity index (χ4n) is 2.59. The van der Waals surface area contributed by atoms with Crippen LogP contribution >= 0.6 is 11.6 Å². The molecule has 1 N–H and O–H groups in total. The predicted octanol–water partition coefficient (Wildman–Crippen LogP) is 1.29. The van der Waals surface area contributed by atoms with Crippen LogP contribution in [0.3, 0.4) is 0 Å². The van der Waals surface area contributed by atoms with E-state index in [4.69, 9.17) is 16.3 Å². The second-order valence-corrected chi connectivity index (χ2v) is 4.69. The van der Waals surface area contributed by atoms with Gasteiger partial charge in [-0.3, -0.25) is 0 Å². The van der Waals surface area contributed by atoms with E-state index in [2.05, 4.69) is 15.2 Å².